The molecule has 25 heavy (non-hydrogen) atoms. The molecule has 0 saturated carbocycles. The van der Waals surface area contributed by atoms with Crippen molar-refractivity contribution >= 4 is 5.91 Å². The van der Waals surface area contributed by atoms with Gasteiger partial charge in [-0.1, -0.05) is 18.2 Å². The Morgan fingerprint density at radius 2 is 2.08 bits per heavy atom. The van der Waals surface area contributed by atoms with E-state index in [1.807, 2.05) is 0 Å². The molecule has 0 fully saturated rings. The van der Waals surface area contributed by atoms with Crippen LogP contribution in [0.2, 0.25) is 0 Å². The molecule has 1 heterocycles. The van der Waals surface area contributed by atoms with Crippen LogP contribution in [0.15, 0.2) is 48.8 Å². The lowest BCUT2D eigenvalue weighted by Crippen LogP contribution is -2.27. The fourth-order valence-electron chi connectivity index (χ4n) is 2.45. The molecule has 0 unspecified atom stereocenters. The van der Waals surface area contributed by atoms with Gasteiger partial charge in [0.05, 0.1) is 24.4 Å². The van der Waals surface area contributed by atoms with Crippen LogP contribution in [0.25, 0.3) is 5.69 Å². The van der Waals surface area contributed by atoms with Crippen molar-refractivity contribution in [1.29, 1.82) is 0 Å². The Bertz CT molecular complexity index is 883. The maximum Gasteiger partial charge on any atom is 0.253 e. The Labute approximate surface area is 143 Å². The SMILES string of the molecule is COc1ccc([C@H](C)NC(=O)c2ccccc2-n2cnnn2)cc1F. The largest absolute Gasteiger partial charge is 0.494 e. The lowest BCUT2D eigenvalue weighted by atomic mass is 10.1. The first-order valence-corrected chi connectivity index (χ1v) is 7.57. The van der Waals surface area contributed by atoms with E-state index in [0.29, 0.717) is 16.8 Å². The van der Waals surface area contributed by atoms with Gasteiger partial charge in [0.25, 0.3) is 5.91 Å². The molecule has 1 aromatic heterocycles. The first-order valence-electron chi connectivity index (χ1n) is 7.57. The second-order valence-electron chi connectivity index (χ2n) is 5.36. The molecule has 0 aliphatic carbocycles. The highest BCUT2D eigenvalue weighted by atomic mass is 19.1. The third-order valence-electron chi connectivity index (χ3n) is 3.77. The molecule has 8 heteroatoms. The molecule has 0 bridgehead atoms. The first-order chi connectivity index (χ1) is 12.1. The summed E-state index contributed by atoms with van der Waals surface area (Å²) >= 11 is 0. The Morgan fingerprint density at radius 3 is 2.76 bits per heavy atom. The summed E-state index contributed by atoms with van der Waals surface area (Å²) in [7, 11) is 1.40. The number of tetrazole rings is 1. The fraction of sp³-hybridized carbons (Fsp3) is 0.176. The minimum Gasteiger partial charge on any atom is -0.494 e. The normalized spacial score (nSPS) is 11.8. The number of carbonyl (C=O) groups excluding carboxylic acids is 1. The summed E-state index contributed by atoms with van der Waals surface area (Å²) < 4.78 is 20.2. The molecule has 2 aromatic carbocycles. The zero-order valence-corrected chi connectivity index (χ0v) is 13.7. The number of aromatic nitrogens is 4. The van der Waals surface area contributed by atoms with Gasteiger partial charge in [0.1, 0.15) is 6.33 Å². The van der Waals surface area contributed by atoms with Gasteiger partial charge in [-0.3, -0.25) is 4.79 Å². The van der Waals surface area contributed by atoms with Gasteiger partial charge in [-0.25, -0.2) is 4.39 Å². The molecular weight excluding hydrogens is 325 g/mol. The van der Waals surface area contributed by atoms with Crippen molar-refractivity contribution in [1.82, 2.24) is 25.5 Å². The highest BCUT2D eigenvalue weighted by Gasteiger charge is 2.17. The molecule has 0 saturated heterocycles. The van der Waals surface area contributed by atoms with Crippen molar-refractivity contribution in [2.75, 3.05) is 7.11 Å². The Hall–Kier alpha value is -3.29. The van der Waals surface area contributed by atoms with E-state index in [1.165, 1.54) is 30.3 Å². The van der Waals surface area contributed by atoms with Crippen LogP contribution in [0, 0.1) is 5.82 Å². The Kier molecular flexibility index (Phi) is 4.69. The number of rotatable bonds is 5. The Morgan fingerprint density at radius 1 is 1.28 bits per heavy atom. The van der Waals surface area contributed by atoms with E-state index in [4.69, 9.17) is 4.74 Å². The summed E-state index contributed by atoms with van der Waals surface area (Å²) in [6, 6.07) is 11.1. The van der Waals surface area contributed by atoms with Gasteiger partial charge in [0.15, 0.2) is 11.6 Å². The van der Waals surface area contributed by atoms with E-state index in [0.717, 1.165) is 0 Å². The number of para-hydroxylation sites is 1. The van der Waals surface area contributed by atoms with Gasteiger partial charge in [-0.15, -0.1) is 5.10 Å². The van der Waals surface area contributed by atoms with E-state index in [-0.39, 0.29) is 11.7 Å². The molecule has 1 N–H and O–H groups in total. The number of amides is 1. The average molecular weight is 341 g/mol. The summed E-state index contributed by atoms with van der Waals surface area (Å²) in [5.74, 6) is -0.628. The molecule has 1 atom stereocenters. The van der Waals surface area contributed by atoms with E-state index in [9.17, 15) is 9.18 Å². The van der Waals surface area contributed by atoms with Crippen LogP contribution in [0.3, 0.4) is 0 Å². The number of nitrogens with zero attached hydrogens (tertiary/aromatic N) is 4. The third kappa shape index (κ3) is 3.47. The lowest BCUT2D eigenvalue weighted by Gasteiger charge is -2.16. The maximum atomic E-state index is 13.9. The monoisotopic (exact) mass is 341 g/mol. The number of halogens is 1. The van der Waals surface area contributed by atoms with Crippen LogP contribution in [0.1, 0.15) is 28.9 Å². The summed E-state index contributed by atoms with van der Waals surface area (Å²) in [6.07, 6.45) is 1.41. The van der Waals surface area contributed by atoms with Gasteiger partial charge in [0.2, 0.25) is 0 Å². The third-order valence-corrected chi connectivity index (χ3v) is 3.77. The highest BCUT2D eigenvalue weighted by Crippen LogP contribution is 2.22. The van der Waals surface area contributed by atoms with Crippen molar-refractivity contribution in [3.8, 4) is 11.4 Å². The second kappa shape index (κ2) is 7.08. The zero-order chi connectivity index (χ0) is 17.8. The van der Waals surface area contributed by atoms with E-state index in [2.05, 4.69) is 20.8 Å². The molecule has 0 spiro atoms. The van der Waals surface area contributed by atoms with E-state index >= 15 is 0 Å². The summed E-state index contributed by atoms with van der Waals surface area (Å²) in [6.45, 7) is 1.78. The molecule has 3 aromatic rings. The van der Waals surface area contributed by atoms with Crippen molar-refractivity contribution < 1.29 is 13.9 Å². The maximum absolute atomic E-state index is 13.9. The van der Waals surface area contributed by atoms with E-state index in [1.54, 1.807) is 37.3 Å². The van der Waals surface area contributed by atoms with Crippen LogP contribution in [-0.2, 0) is 0 Å². The van der Waals surface area contributed by atoms with Gasteiger partial charge < -0.3 is 10.1 Å². The van der Waals surface area contributed by atoms with Crippen LogP contribution in [0.5, 0.6) is 5.75 Å². The van der Waals surface area contributed by atoms with E-state index < -0.39 is 11.9 Å². The standard InChI is InChI=1S/C17H16FN5O2/c1-11(12-7-8-16(25-2)14(18)9-12)20-17(24)13-5-3-4-6-15(13)23-10-19-21-22-23/h3-11H,1-2H3,(H,20,24)/t11-/m0/s1. The topological polar surface area (TPSA) is 81.9 Å². The number of nitrogens with one attached hydrogen (secondary N) is 1. The second-order valence-corrected chi connectivity index (χ2v) is 5.36. The molecule has 1 amide bonds. The molecule has 7 nitrogen and oxygen atoms in total. The summed E-state index contributed by atoms with van der Waals surface area (Å²) in [5, 5.41) is 13.8. The molecule has 3 rings (SSSR count). The number of benzene rings is 2. The first kappa shape index (κ1) is 16.6. The average Bonchev–Trinajstić information content (AvgIpc) is 3.16. The fourth-order valence-corrected chi connectivity index (χ4v) is 2.45. The van der Waals surface area contributed by atoms with Crippen LogP contribution >= 0.6 is 0 Å². The van der Waals surface area contributed by atoms with Gasteiger partial charge in [-0.2, -0.15) is 4.68 Å². The quantitative estimate of drug-likeness (QED) is 0.770. The summed E-state index contributed by atoms with van der Waals surface area (Å²) in [5.41, 5.74) is 1.60. The molecule has 128 valence electrons. The summed E-state index contributed by atoms with van der Waals surface area (Å²) in [4.78, 5) is 12.6. The Balaban J connectivity index is 1.82. The predicted octanol–water partition coefficient (Wildman–Crippen LogP) is 2.30. The number of methoxy groups -OCH3 is 1. The number of ether oxygens (including phenoxy) is 1. The van der Waals surface area contributed by atoms with Crippen LogP contribution in [-0.4, -0.2) is 33.2 Å². The number of hydrogen-bond acceptors (Lipinski definition) is 5. The molecule has 0 radical (unpaired) electrons. The van der Waals surface area contributed by atoms with Crippen molar-refractivity contribution in [3.63, 3.8) is 0 Å². The molecule has 0 aliphatic heterocycles. The highest BCUT2D eigenvalue weighted by molar-refractivity contribution is 5.97. The van der Waals surface area contributed by atoms with Gasteiger partial charge >= 0.3 is 0 Å². The zero-order valence-electron chi connectivity index (χ0n) is 13.7. The lowest BCUT2D eigenvalue weighted by molar-refractivity contribution is 0.0939. The smallest absolute Gasteiger partial charge is 0.253 e. The minimum atomic E-state index is -0.477. The van der Waals surface area contributed by atoms with Crippen molar-refractivity contribution in [2.24, 2.45) is 0 Å². The minimum absolute atomic E-state index is 0.159. The van der Waals surface area contributed by atoms with Gasteiger partial charge in [0, 0.05) is 0 Å². The van der Waals surface area contributed by atoms with Gasteiger partial charge in [-0.05, 0) is 47.2 Å². The predicted molar refractivity (Wildman–Crippen MR) is 88.0 cm³/mol. The number of hydrogen-bond donors (Lipinski definition) is 1. The molecule has 0 aliphatic rings. The van der Waals surface area contributed by atoms with Crippen LogP contribution < -0.4 is 10.1 Å². The number of carbonyl (C=O) groups is 1. The van der Waals surface area contributed by atoms with Crippen LogP contribution in [0.4, 0.5) is 4.39 Å². The van der Waals surface area contributed by atoms with Crippen molar-refractivity contribution in [2.45, 2.75) is 13.0 Å². The molecular formula is C17H16FN5O2. The van der Waals surface area contributed by atoms with Crippen molar-refractivity contribution in [3.05, 3.63) is 65.7 Å².